The van der Waals surface area contributed by atoms with E-state index >= 15 is 0 Å². The van der Waals surface area contributed by atoms with Crippen LogP contribution in [0.5, 0.6) is 0 Å². The molecule has 0 bridgehead atoms. The van der Waals surface area contributed by atoms with Crippen LogP contribution in [0.1, 0.15) is 50.7 Å². The second kappa shape index (κ2) is 5.22. The van der Waals surface area contributed by atoms with Crippen LogP contribution in [0.15, 0.2) is 24.3 Å². The fraction of sp³-hybridized carbons (Fsp3) is 0.625. The van der Waals surface area contributed by atoms with Gasteiger partial charge < -0.3 is 5.32 Å². The third kappa shape index (κ3) is 2.90. The van der Waals surface area contributed by atoms with E-state index in [1.165, 1.54) is 36.8 Å². The number of benzene rings is 1. The summed E-state index contributed by atoms with van der Waals surface area (Å²) in [7, 11) is 0. The standard InChI is InChI=1S/C16H25N/c1-13(2)17-12-16(10-4-5-11-16)15-8-6-14(3)7-9-15/h6-9,13,17H,4-5,10-12H2,1-3H3. The van der Waals surface area contributed by atoms with Gasteiger partial charge in [-0.1, -0.05) is 56.5 Å². The normalized spacial score (nSPS) is 18.8. The van der Waals surface area contributed by atoms with Crippen LogP contribution in [-0.4, -0.2) is 12.6 Å². The average Bonchev–Trinajstić information content (AvgIpc) is 2.77. The molecule has 1 aliphatic carbocycles. The summed E-state index contributed by atoms with van der Waals surface area (Å²) in [6.45, 7) is 7.76. The summed E-state index contributed by atoms with van der Waals surface area (Å²) in [6, 6.07) is 9.76. The van der Waals surface area contributed by atoms with E-state index in [0.29, 0.717) is 11.5 Å². The number of hydrogen-bond acceptors (Lipinski definition) is 1. The number of nitrogens with one attached hydrogen (secondary N) is 1. The number of aryl methyl sites for hydroxylation is 1. The van der Waals surface area contributed by atoms with E-state index in [9.17, 15) is 0 Å². The first-order chi connectivity index (χ1) is 8.12. The van der Waals surface area contributed by atoms with Crippen LogP contribution in [0.4, 0.5) is 0 Å². The molecule has 0 amide bonds. The molecule has 0 spiro atoms. The van der Waals surface area contributed by atoms with E-state index in [4.69, 9.17) is 0 Å². The van der Waals surface area contributed by atoms with Gasteiger partial charge in [-0.2, -0.15) is 0 Å². The molecule has 1 nitrogen and oxygen atoms in total. The summed E-state index contributed by atoms with van der Waals surface area (Å²) < 4.78 is 0. The Bertz CT molecular complexity index is 344. The number of rotatable bonds is 4. The Morgan fingerprint density at radius 1 is 1.12 bits per heavy atom. The van der Waals surface area contributed by atoms with Gasteiger partial charge in [0.05, 0.1) is 0 Å². The molecule has 0 aromatic heterocycles. The average molecular weight is 231 g/mol. The first-order valence-electron chi connectivity index (χ1n) is 6.93. The van der Waals surface area contributed by atoms with Crippen LogP contribution in [0.2, 0.25) is 0 Å². The molecule has 1 aromatic carbocycles. The van der Waals surface area contributed by atoms with E-state index in [0.717, 1.165) is 6.54 Å². The highest BCUT2D eigenvalue weighted by molar-refractivity contribution is 5.30. The Morgan fingerprint density at radius 3 is 2.24 bits per heavy atom. The van der Waals surface area contributed by atoms with Crippen LogP contribution in [0.25, 0.3) is 0 Å². The summed E-state index contributed by atoms with van der Waals surface area (Å²) in [5, 5.41) is 3.64. The summed E-state index contributed by atoms with van der Waals surface area (Å²) in [5.41, 5.74) is 3.30. The molecule has 0 saturated heterocycles. The number of hydrogen-bond donors (Lipinski definition) is 1. The van der Waals surface area contributed by atoms with Crippen molar-refractivity contribution in [3.05, 3.63) is 35.4 Å². The molecule has 17 heavy (non-hydrogen) atoms. The molecule has 94 valence electrons. The molecule has 0 heterocycles. The highest BCUT2D eigenvalue weighted by atomic mass is 14.9. The summed E-state index contributed by atoms with van der Waals surface area (Å²) in [4.78, 5) is 0. The van der Waals surface area contributed by atoms with Crippen molar-refractivity contribution in [2.24, 2.45) is 0 Å². The van der Waals surface area contributed by atoms with Gasteiger partial charge in [0.15, 0.2) is 0 Å². The van der Waals surface area contributed by atoms with E-state index < -0.39 is 0 Å². The smallest absolute Gasteiger partial charge is 0.00778 e. The van der Waals surface area contributed by atoms with E-state index in [-0.39, 0.29) is 0 Å². The predicted octanol–water partition coefficient (Wildman–Crippen LogP) is 3.80. The van der Waals surface area contributed by atoms with E-state index in [1.807, 2.05) is 0 Å². The van der Waals surface area contributed by atoms with E-state index in [1.54, 1.807) is 0 Å². The van der Waals surface area contributed by atoms with Crippen molar-refractivity contribution in [3.63, 3.8) is 0 Å². The highest BCUT2D eigenvalue weighted by Gasteiger charge is 2.35. The van der Waals surface area contributed by atoms with Gasteiger partial charge in [0.25, 0.3) is 0 Å². The minimum atomic E-state index is 0.401. The fourth-order valence-corrected chi connectivity index (χ4v) is 2.93. The van der Waals surface area contributed by atoms with Crippen LogP contribution < -0.4 is 5.32 Å². The third-order valence-electron chi connectivity index (χ3n) is 4.07. The molecule has 1 aromatic rings. The maximum absolute atomic E-state index is 3.64. The molecule has 1 aliphatic rings. The Morgan fingerprint density at radius 2 is 1.71 bits per heavy atom. The van der Waals surface area contributed by atoms with Gasteiger partial charge in [-0.3, -0.25) is 0 Å². The predicted molar refractivity (Wildman–Crippen MR) is 74.5 cm³/mol. The molecule has 0 radical (unpaired) electrons. The Balaban J connectivity index is 2.18. The minimum Gasteiger partial charge on any atom is -0.314 e. The second-order valence-electron chi connectivity index (χ2n) is 5.89. The van der Waals surface area contributed by atoms with Crippen LogP contribution >= 0.6 is 0 Å². The van der Waals surface area contributed by atoms with Crippen LogP contribution in [-0.2, 0) is 5.41 Å². The molecule has 0 unspecified atom stereocenters. The quantitative estimate of drug-likeness (QED) is 0.831. The molecule has 1 fully saturated rings. The summed E-state index contributed by atoms with van der Waals surface area (Å²) >= 11 is 0. The van der Waals surface area contributed by atoms with Crippen molar-refractivity contribution in [2.75, 3.05) is 6.54 Å². The van der Waals surface area contributed by atoms with Crippen LogP contribution in [0.3, 0.4) is 0 Å². The van der Waals surface area contributed by atoms with Crippen molar-refractivity contribution in [1.29, 1.82) is 0 Å². The molecule has 1 N–H and O–H groups in total. The van der Waals surface area contributed by atoms with Gasteiger partial charge in [-0.05, 0) is 25.3 Å². The zero-order valence-corrected chi connectivity index (χ0v) is 11.4. The van der Waals surface area contributed by atoms with Gasteiger partial charge >= 0.3 is 0 Å². The maximum Gasteiger partial charge on any atom is 0.00778 e. The van der Waals surface area contributed by atoms with Crippen molar-refractivity contribution in [1.82, 2.24) is 5.32 Å². The summed E-state index contributed by atoms with van der Waals surface area (Å²) in [6.07, 6.45) is 5.45. The van der Waals surface area contributed by atoms with Gasteiger partial charge in [0.1, 0.15) is 0 Å². The molecular weight excluding hydrogens is 206 g/mol. The van der Waals surface area contributed by atoms with Crippen molar-refractivity contribution in [2.45, 2.75) is 57.9 Å². The highest BCUT2D eigenvalue weighted by Crippen LogP contribution is 2.40. The van der Waals surface area contributed by atoms with Crippen LogP contribution in [0, 0.1) is 6.92 Å². The van der Waals surface area contributed by atoms with Gasteiger partial charge in [-0.15, -0.1) is 0 Å². The Hall–Kier alpha value is -0.820. The lowest BCUT2D eigenvalue weighted by Gasteiger charge is -2.31. The molecule has 1 saturated carbocycles. The summed E-state index contributed by atoms with van der Waals surface area (Å²) in [5.74, 6) is 0. The lowest BCUT2D eigenvalue weighted by atomic mass is 9.78. The Labute approximate surface area is 106 Å². The second-order valence-corrected chi connectivity index (χ2v) is 5.89. The first kappa shape index (κ1) is 12.6. The SMILES string of the molecule is Cc1ccc(C2(CNC(C)C)CCCC2)cc1. The molecular formula is C16H25N. The monoisotopic (exact) mass is 231 g/mol. The Kier molecular flexibility index (Phi) is 3.88. The lowest BCUT2D eigenvalue weighted by Crippen LogP contribution is -2.39. The fourth-order valence-electron chi connectivity index (χ4n) is 2.93. The first-order valence-corrected chi connectivity index (χ1v) is 6.93. The van der Waals surface area contributed by atoms with Crippen molar-refractivity contribution in [3.8, 4) is 0 Å². The van der Waals surface area contributed by atoms with Crippen molar-refractivity contribution < 1.29 is 0 Å². The van der Waals surface area contributed by atoms with Gasteiger partial charge in [-0.25, -0.2) is 0 Å². The topological polar surface area (TPSA) is 12.0 Å². The lowest BCUT2D eigenvalue weighted by molar-refractivity contribution is 0.387. The molecule has 0 aliphatic heterocycles. The largest absolute Gasteiger partial charge is 0.314 e. The van der Waals surface area contributed by atoms with Gasteiger partial charge in [0, 0.05) is 18.0 Å². The third-order valence-corrected chi connectivity index (χ3v) is 4.07. The van der Waals surface area contributed by atoms with E-state index in [2.05, 4.69) is 50.4 Å². The maximum atomic E-state index is 3.64. The zero-order valence-electron chi connectivity index (χ0n) is 11.4. The van der Waals surface area contributed by atoms with Gasteiger partial charge in [0.2, 0.25) is 0 Å². The molecule has 0 atom stereocenters. The zero-order chi connectivity index (χ0) is 12.3. The van der Waals surface area contributed by atoms with Crippen molar-refractivity contribution >= 4 is 0 Å². The minimum absolute atomic E-state index is 0.401. The molecule has 2 rings (SSSR count). The molecule has 1 heteroatoms.